The molecule has 0 bridgehead atoms. The topological polar surface area (TPSA) is 65.5 Å². The Labute approximate surface area is 200 Å². The normalized spacial score (nSPS) is 16.8. The van der Waals surface area contributed by atoms with Crippen molar-refractivity contribution in [1.29, 1.82) is 0 Å². The van der Waals surface area contributed by atoms with Gasteiger partial charge in [-0.1, -0.05) is 29.3 Å². The summed E-state index contributed by atoms with van der Waals surface area (Å²) in [7, 11) is -2.38. The molecular weight excluding hydrogens is 490 g/mol. The predicted molar refractivity (Wildman–Crippen MR) is 128 cm³/mol. The number of hydrogen-bond acceptors (Lipinski definition) is 6. The Balaban J connectivity index is 1.49. The van der Waals surface area contributed by atoms with Crippen LogP contribution in [-0.4, -0.2) is 44.5 Å². The Morgan fingerprint density at radius 2 is 2.06 bits per heavy atom. The van der Waals surface area contributed by atoms with E-state index in [1.807, 2.05) is 17.9 Å². The first kappa shape index (κ1) is 23.9. The lowest BCUT2D eigenvalue weighted by atomic mass is 10.1. The van der Waals surface area contributed by atoms with Gasteiger partial charge in [-0.3, -0.25) is 9.62 Å². The SMILES string of the molecule is Cc1ccc(F)c(CN2CC[C@H](N(C)c3cc(F)c(S(=O)(=O)Nc4cscn4)cc3Cl)C2)c1. The van der Waals surface area contributed by atoms with Gasteiger partial charge in [-0.25, -0.2) is 22.2 Å². The number of rotatable bonds is 7. The van der Waals surface area contributed by atoms with Gasteiger partial charge in [0.05, 0.1) is 16.2 Å². The van der Waals surface area contributed by atoms with Gasteiger partial charge in [-0.2, -0.15) is 0 Å². The van der Waals surface area contributed by atoms with E-state index in [-0.39, 0.29) is 22.7 Å². The van der Waals surface area contributed by atoms with E-state index in [4.69, 9.17) is 11.6 Å². The molecule has 0 spiro atoms. The van der Waals surface area contributed by atoms with E-state index in [2.05, 4.69) is 14.6 Å². The van der Waals surface area contributed by atoms with Gasteiger partial charge < -0.3 is 4.90 Å². The molecule has 6 nitrogen and oxygen atoms in total. The third-order valence-electron chi connectivity index (χ3n) is 5.73. The molecule has 1 N–H and O–H groups in total. The molecule has 1 aliphatic heterocycles. The summed E-state index contributed by atoms with van der Waals surface area (Å²) in [5.74, 6) is -1.01. The minimum atomic E-state index is -4.18. The zero-order chi connectivity index (χ0) is 23.8. The van der Waals surface area contributed by atoms with Crippen molar-refractivity contribution in [3.63, 3.8) is 0 Å². The number of halogens is 3. The van der Waals surface area contributed by atoms with Crippen molar-refractivity contribution in [2.45, 2.75) is 30.8 Å². The first-order valence-electron chi connectivity index (χ1n) is 10.2. The van der Waals surface area contributed by atoms with Gasteiger partial charge in [0, 0.05) is 49.7 Å². The van der Waals surface area contributed by atoms with Crippen molar-refractivity contribution >= 4 is 44.5 Å². The molecule has 0 unspecified atom stereocenters. The summed E-state index contributed by atoms with van der Waals surface area (Å²) in [6.45, 7) is 3.81. The third kappa shape index (κ3) is 5.29. The smallest absolute Gasteiger partial charge is 0.266 e. The number of aryl methyl sites for hydroxylation is 1. The van der Waals surface area contributed by atoms with Crippen molar-refractivity contribution in [3.8, 4) is 0 Å². The van der Waals surface area contributed by atoms with E-state index in [9.17, 15) is 17.2 Å². The molecule has 1 aliphatic rings. The molecule has 1 fully saturated rings. The molecule has 0 amide bonds. The van der Waals surface area contributed by atoms with Gasteiger partial charge in [0.1, 0.15) is 16.5 Å². The fraction of sp³-hybridized carbons (Fsp3) is 0.318. The van der Waals surface area contributed by atoms with E-state index in [1.165, 1.54) is 28.3 Å². The van der Waals surface area contributed by atoms with Crippen molar-refractivity contribution in [1.82, 2.24) is 9.88 Å². The van der Waals surface area contributed by atoms with E-state index in [1.54, 1.807) is 13.1 Å². The molecule has 1 saturated heterocycles. The van der Waals surface area contributed by atoms with E-state index in [0.717, 1.165) is 30.7 Å². The fourth-order valence-electron chi connectivity index (χ4n) is 3.98. The van der Waals surface area contributed by atoms with Gasteiger partial charge in [0.2, 0.25) is 0 Å². The minimum Gasteiger partial charge on any atom is -0.369 e. The van der Waals surface area contributed by atoms with Crippen LogP contribution in [0.5, 0.6) is 0 Å². The van der Waals surface area contributed by atoms with Crippen LogP contribution in [0.4, 0.5) is 20.3 Å². The maximum atomic E-state index is 14.9. The Bertz CT molecular complexity index is 1260. The number of benzene rings is 2. The summed E-state index contributed by atoms with van der Waals surface area (Å²) in [4.78, 5) is 7.31. The molecule has 2 heterocycles. The third-order valence-corrected chi connectivity index (χ3v) is 7.99. The number of likely N-dealkylation sites (N-methyl/N-ethyl adjacent to an activating group) is 1. The molecule has 0 aliphatic carbocycles. The van der Waals surface area contributed by atoms with Crippen molar-refractivity contribution < 1.29 is 17.2 Å². The van der Waals surface area contributed by atoms with Crippen LogP contribution in [0, 0.1) is 18.6 Å². The number of hydrogen-bond donors (Lipinski definition) is 1. The Morgan fingerprint density at radius 3 is 2.79 bits per heavy atom. The summed E-state index contributed by atoms with van der Waals surface area (Å²) >= 11 is 7.61. The van der Waals surface area contributed by atoms with E-state index in [0.29, 0.717) is 24.3 Å². The number of likely N-dealkylation sites (tertiary alicyclic amines) is 1. The standard InChI is InChI=1S/C22H23ClF2N4O2S2/c1-14-3-4-18(24)15(7-14)10-29-6-5-16(11-29)28(2)20-9-19(25)21(8-17(20)23)33(30,31)27-22-12-32-13-26-22/h3-4,7-9,12-13,16,27H,5-6,10-11H2,1-2H3/t16-/m0/s1. The molecule has 33 heavy (non-hydrogen) atoms. The highest BCUT2D eigenvalue weighted by Gasteiger charge is 2.29. The average molecular weight is 513 g/mol. The lowest BCUT2D eigenvalue weighted by molar-refractivity contribution is 0.320. The van der Waals surface area contributed by atoms with Crippen LogP contribution in [-0.2, 0) is 16.6 Å². The molecule has 0 radical (unpaired) electrons. The van der Waals surface area contributed by atoms with E-state index >= 15 is 0 Å². The minimum absolute atomic E-state index is 0.0189. The molecule has 1 aromatic heterocycles. The molecule has 176 valence electrons. The Morgan fingerprint density at radius 1 is 1.27 bits per heavy atom. The summed E-state index contributed by atoms with van der Waals surface area (Å²) in [6, 6.07) is 7.34. The molecule has 0 saturated carbocycles. The number of anilines is 2. The van der Waals surface area contributed by atoms with Crippen LogP contribution in [0.2, 0.25) is 5.02 Å². The first-order valence-corrected chi connectivity index (χ1v) is 13.0. The predicted octanol–water partition coefficient (Wildman–Crippen LogP) is 4.89. The van der Waals surface area contributed by atoms with Gasteiger partial charge in [-0.15, -0.1) is 11.3 Å². The maximum Gasteiger partial charge on any atom is 0.266 e. The highest BCUT2D eigenvalue weighted by Crippen LogP contribution is 2.33. The Kier molecular flexibility index (Phi) is 6.90. The lowest BCUT2D eigenvalue weighted by Crippen LogP contribution is -2.34. The fourth-order valence-corrected chi connectivity index (χ4v) is 5.99. The zero-order valence-electron chi connectivity index (χ0n) is 18.1. The quantitative estimate of drug-likeness (QED) is 0.488. The number of sulfonamides is 1. The lowest BCUT2D eigenvalue weighted by Gasteiger charge is -2.28. The van der Waals surface area contributed by atoms with E-state index < -0.39 is 20.7 Å². The molecule has 11 heteroatoms. The second-order valence-electron chi connectivity index (χ2n) is 8.10. The molecule has 1 atom stereocenters. The highest BCUT2D eigenvalue weighted by atomic mass is 35.5. The van der Waals surface area contributed by atoms with Gasteiger partial charge in [0.15, 0.2) is 5.82 Å². The molecule has 4 rings (SSSR count). The van der Waals surface area contributed by atoms with Crippen molar-refractivity contribution in [2.24, 2.45) is 0 Å². The second-order valence-corrected chi connectivity index (χ2v) is 10.9. The van der Waals surface area contributed by atoms with Crippen LogP contribution in [0.3, 0.4) is 0 Å². The van der Waals surface area contributed by atoms with Gasteiger partial charge in [0.25, 0.3) is 10.0 Å². The molecular formula is C22H23ClF2N4O2S2. The average Bonchev–Trinajstić information content (AvgIpc) is 3.43. The Hall–Kier alpha value is -2.27. The number of nitrogens with one attached hydrogen (secondary N) is 1. The van der Waals surface area contributed by atoms with Crippen LogP contribution in [0.1, 0.15) is 17.5 Å². The first-order chi connectivity index (χ1) is 15.6. The summed E-state index contributed by atoms with van der Waals surface area (Å²) in [6.07, 6.45) is 0.785. The number of nitrogens with zero attached hydrogens (tertiary/aromatic N) is 3. The monoisotopic (exact) mass is 512 g/mol. The molecule has 3 aromatic rings. The highest BCUT2D eigenvalue weighted by molar-refractivity contribution is 7.92. The molecule has 2 aromatic carbocycles. The second kappa shape index (κ2) is 9.54. The van der Waals surface area contributed by atoms with Crippen molar-refractivity contribution in [3.05, 3.63) is 69.0 Å². The zero-order valence-corrected chi connectivity index (χ0v) is 20.4. The summed E-state index contributed by atoms with van der Waals surface area (Å²) in [5, 5.41) is 1.63. The maximum absolute atomic E-state index is 14.9. The summed E-state index contributed by atoms with van der Waals surface area (Å²) in [5.41, 5.74) is 3.51. The van der Waals surface area contributed by atoms with Gasteiger partial charge >= 0.3 is 0 Å². The largest absolute Gasteiger partial charge is 0.369 e. The van der Waals surface area contributed by atoms with Gasteiger partial charge in [-0.05, 0) is 25.5 Å². The summed E-state index contributed by atoms with van der Waals surface area (Å²) < 4.78 is 56.4. The van der Waals surface area contributed by atoms with Crippen LogP contribution >= 0.6 is 22.9 Å². The van der Waals surface area contributed by atoms with Crippen molar-refractivity contribution in [2.75, 3.05) is 29.8 Å². The van der Waals surface area contributed by atoms with Crippen LogP contribution in [0.15, 0.2) is 46.1 Å². The number of aromatic nitrogens is 1. The van der Waals surface area contributed by atoms with Crippen LogP contribution in [0.25, 0.3) is 0 Å². The van der Waals surface area contributed by atoms with Crippen LogP contribution < -0.4 is 9.62 Å². The number of thiazole rings is 1.